The number of aromatic nitrogens is 1. The van der Waals surface area contributed by atoms with Crippen LogP contribution in [-0.2, 0) is 25.0 Å². The lowest BCUT2D eigenvalue weighted by atomic mass is 10.0. The summed E-state index contributed by atoms with van der Waals surface area (Å²) >= 11 is 1.39. The lowest BCUT2D eigenvalue weighted by Crippen LogP contribution is -2.28. The highest BCUT2D eigenvalue weighted by Gasteiger charge is 2.43. The molecular formula is C28H34N3O7PS. The Morgan fingerprint density at radius 3 is 2.52 bits per heavy atom. The van der Waals surface area contributed by atoms with E-state index in [1.165, 1.54) is 18.9 Å². The molecule has 2 N–H and O–H groups in total. The monoisotopic (exact) mass is 587 g/mol. The van der Waals surface area contributed by atoms with Gasteiger partial charge < -0.3 is 29.1 Å². The van der Waals surface area contributed by atoms with Gasteiger partial charge in [0.05, 0.1) is 25.9 Å². The lowest BCUT2D eigenvalue weighted by molar-refractivity contribution is -0.120. The number of fused-ring (bicyclic) bond motifs is 2. The molecule has 3 aromatic rings. The standard InChI is InChI=1S/C28H34N3O7PS/c1-5-37-39(35,38-6-2)17-30-21(32)13-15-40-28-23-22(25(33)24-20(26(23)36-4)8-7-14-29-24)27(34)31(28)16-19-11-9-18(3)10-12-19/h7-12,14,28,33H,5-6,13,15-17H2,1-4H3,(H,30,32). The van der Waals surface area contributed by atoms with E-state index in [1.807, 2.05) is 31.2 Å². The van der Waals surface area contributed by atoms with Crippen LogP contribution in [0.25, 0.3) is 10.9 Å². The van der Waals surface area contributed by atoms with Gasteiger partial charge >= 0.3 is 7.60 Å². The van der Waals surface area contributed by atoms with Crippen molar-refractivity contribution in [3.63, 3.8) is 0 Å². The highest BCUT2D eigenvalue weighted by Crippen LogP contribution is 2.53. The third kappa shape index (κ3) is 6.28. The molecule has 0 aliphatic carbocycles. The molecule has 0 bridgehead atoms. The second kappa shape index (κ2) is 13.0. The summed E-state index contributed by atoms with van der Waals surface area (Å²) in [4.78, 5) is 32.4. The van der Waals surface area contributed by atoms with Gasteiger partial charge in [-0.1, -0.05) is 29.8 Å². The van der Waals surface area contributed by atoms with Crippen LogP contribution < -0.4 is 10.1 Å². The first-order chi connectivity index (χ1) is 19.2. The van der Waals surface area contributed by atoms with Crippen LogP contribution in [0.4, 0.5) is 0 Å². The Hall–Kier alpha value is -3.11. The van der Waals surface area contributed by atoms with Gasteiger partial charge in [0.25, 0.3) is 5.91 Å². The molecule has 0 fully saturated rings. The number of phenolic OH excluding ortho intramolecular Hbond substituents is 1. The Morgan fingerprint density at radius 2 is 1.88 bits per heavy atom. The van der Waals surface area contributed by atoms with Gasteiger partial charge in [-0.2, -0.15) is 0 Å². The van der Waals surface area contributed by atoms with Crippen LogP contribution in [0, 0.1) is 6.92 Å². The Balaban J connectivity index is 1.60. The number of amides is 2. The molecule has 214 valence electrons. The van der Waals surface area contributed by atoms with E-state index >= 15 is 0 Å². The highest BCUT2D eigenvalue weighted by molar-refractivity contribution is 7.99. The molecular weight excluding hydrogens is 553 g/mol. The summed E-state index contributed by atoms with van der Waals surface area (Å²) in [5.41, 5.74) is 3.04. The maximum absolute atomic E-state index is 13.8. The minimum Gasteiger partial charge on any atom is -0.505 e. The summed E-state index contributed by atoms with van der Waals surface area (Å²) in [6, 6.07) is 11.4. The van der Waals surface area contributed by atoms with Gasteiger partial charge in [-0.15, -0.1) is 11.8 Å². The maximum atomic E-state index is 13.8. The van der Waals surface area contributed by atoms with Gasteiger partial charge in [0.1, 0.15) is 22.9 Å². The predicted molar refractivity (Wildman–Crippen MR) is 155 cm³/mol. The summed E-state index contributed by atoms with van der Waals surface area (Å²) < 4.78 is 28.9. The van der Waals surface area contributed by atoms with E-state index in [1.54, 1.807) is 37.1 Å². The first kappa shape index (κ1) is 29.9. The Bertz CT molecular complexity index is 1420. The smallest absolute Gasteiger partial charge is 0.349 e. The number of pyridine rings is 1. The molecule has 1 aliphatic rings. The van der Waals surface area contributed by atoms with Crippen molar-refractivity contribution in [1.29, 1.82) is 0 Å². The fraction of sp³-hybridized carbons (Fsp3) is 0.393. The van der Waals surface area contributed by atoms with E-state index in [0.29, 0.717) is 34.5 Å². The molecule has 2 aromatic carbocycles. The van der Waals surface area contributed by atoms with Gasteiger partial charge in [-0.25, -0.2) is 0 Å². The van der Waals surface area contributed by atoms with Crippen molar-refractivity contribution in [2.45, 2.75) is 39.1 Å². The van der Waals surface area contributed by atoms with E-state index in [4.69, 9.17) is 13.8 Å². The molecule has 10 nitrogen and oxygen atoms in total. The lowest BCUT2D eigenvalue weighted by Gasteiger charge is -2.26. The van der Waals surface area contributed by atoms with Gasteiger partial charge in [0, 0.05) is 35.9 Å². The molecule has 0 radical (unpaired) electrons. The number of benzene rings is 2. The molecule has 40 heavy (non-hydrogen) atoms. The Morgan fingerprint density at radius 1 is 1.18 bits per heavy atom. The van der Waals surface area contributed by atoms with E-state index in [2.05, 4.69) is 10.3 Å². The number of thioether (sulfide) groups is 1. The molecule has 1 atom stereocenters. The van der Waals surface area contributed by atoms with E-state index in [9.17, 15) is 19.3 Å². The van der Waals surface area contributed by atoms with Gasteiger partial charge in [0.15, 0.2) is 5.75 Å². The fourth-order valence-electron chi connectivity index (χ4n) is 4.64. The van der Waals surface area contributed by atoms with Crippen LogP contribution in [0.1, 0.15) is 52.7 Å². The van der Waals surface area contributed by atoms with Gasteiger partial charge in [-0.3, -0.25) is 19.1 Å². The first-order valence-corrected chi connectivity index (χ1v) is 15.8. The number of rotatable bonds is 13. The molecule has 1 aliphatic heterocycles. The number of hydrogen-bond acceptors (Lipinski definition) is 9. The second-order valence-corrected chi connectivity index (χ2v) is 12.4. The van der Waals surface area contributed by atoms with Gasteiger partial charge in [0.2, 0.25) is 5.91 Å². The van der Waals surface area contributed by atoms with Gasteiger partial charge in [-0.05, 0) is 38.5 Å². The Labute approximate surface area is 237 Å². The first-order valence-electron chi connectivity index (χ1n) is 13.0. The van der Waals surface area contributed by atoms with Crippen molar-refractivity contribution in [3.05, 3.63) is 64.8 Å². The number of nitrogens with one attached hydrogen (secondary N) is 1. The number of ether oxygens (including phenoxy) is 1. The quantitative estimate of drug-likeness (QED) is 0.254. The molecule has 0 saturated carbocycles. The zero-order valence-corrected chi connectivity index (χ0v) is 24.7. The van der Waals surface area contributed by atoms with Crippen LogP contribution in [0.2, 0.25) is 0 Å². The molecule has 2 amide bonds. The van der Waals surface area contributed by atoms with Crippen LogP contribution in [0.5, 0.6) is 11.5 Å². The number of hydrogen-bond donors (Lipinski definition) is 2. The van der Waals surface area contributed by atoms with Crippen molar-refractivity contribution >= 4 is 42.1 Å². The number of carbonyl (C=O) groups excluding carboxylic acids is 2. The zero-order chi connectivity index (χ0) is 28.9. The summed E-state index contributed by atoms with van der Waals surface area (Å²) in [7, 11) is -1.89. The molecule has 0 saturated heterocycles. The molecule has 4 rings (SSSR count). The summed E-state index contributed by atoms with van der Waals surface area (Å²) in [5.74, 6) is -0.0360. The van der Waals surface area contributed by atoms with E-state index in [-0.39, 0.29) is 49.0 Å². The molecule has 1 unspecified atom stereocenters. The SMILES string of the molecule is CCOP(=O)(CNC(=O)CCSC1c2c(c(O)c3ncccc3c2OC)C(=O)N1Cc1ccc(C)cc1)OCC. The van der Waals surface area contributed by atoms with E-state index < -0.39 is 13.0 Å². The van der Waals surface area contributed by atoms with Crippen molar-refractivity contribution < 1.29 is 33.0 Å². The summed E-state index contributed by atoms with van der Waals surface area (Å²) in [6.45, 7) is 6.11. The minimum absolute atomic E-state index is 0.102. The number of aryl methyl sites for hydroxylation is 1. The van der Waals surface area contributed by atoms with Crippen LogP contribution in [-0.4, -0.2) is 59.2 Å². The van der Waals surface area contributed by atoms with Crippen LogP contribution in [0.15, 0.2) is 42.6 Å². The van der Waals surface area contributed by atoms with Crippen LogP contribution >= 0.6 is 19.4 Å². The van der Waals surface area contributed by atoms with Crippen molar-refractivity contribution in [1.82, 2.24) is 15.2 Å². The number of nitrogens with zero attached hydrogens (tertiary/aromatic N) is 2. The molecule has 0 spiro atoms. The molecule has 12 heteroatoms. The molecule has 2 heterocycles. The zero-order valence-electron chi connectivity index (χ0n) is 23.0. The Kier molecular flexibility index (Phi) is 9.73. The van der Waals surface area contributed by atoms with Crippen molar-refractivity contribution in [3.8, 4) is 11.5 Å². The number of aromatic hydroxyl groups is 1. The topological polar surface area (TPSA) is 127 Å². The second-order valence-electron chi connectivity index (χ2n) is 9.17. The van der Waals surface area contributed by atoms with Crippen LogP contribution in [0.3, 0.4) is 0 Å². The largest absolute Gasteiger partial charge is 0.505 e. The predicted octanol–water partition coefficient (Wildman–Crippen LogP) is 5.38. The molecule has 1 aromatic heterocycles. The number of phenols is 1. The number of methoxy groups -OCH3 is 1. The minimum atomic E-state index is -3.41. The van der Waals surface area contributed by atoms with Crippen molar-refractivity contribution in [2.75, 3.05) is 32.4 Å². The number of carbonyl (C=O) groups is 2. The fourth-order valence-corrected chi connectivity index (χ4v) is 7.32. The highest BCUT2D eigenvalue weighted by atomic mass is 32.2. The third-order valence-electron chi connectivity index (χ3n) is 6.44. The van der Waals surface area contributed by atoms with Crippen molar-refractivity contribution in [2.24, 2.45) is 0 Å². The third-order valence-corrected chi connectivity index (χ3v) is 9.53. The average molecular weight is 588 g/mol. The van der Waals surface area contributed by atoms with E-state index in [0.717, 1.165) is 11.1 Å². The average Bonchev–Trinajstić information content (AvgIpc) is 3.20. The maximum Gasteiger partial charge on any atom is 0.349 e. The summed E-state index contributed by atoms with van der Waals surface area (Å²) in [6.07, 6.45) is 1.44. The normalized spacial score (nSPS) is 14.9. The summed E-state index contributed by atoms with van der Waals surface area (Å²) in [5, 5.41) is 13.9.